The number of fused-ring (bicyclic) bond motifs is 3. The van der Waals surface area contributed by atoms with E-state index >= 15 is 0 Å². The summed E-state index contributed by atoms with van der Waals surface area (Å²) in [4.78, 5) is 12.1. The molecule has 25 heavy (non-hydrogen) atoms. The second-order valence-corrected chi connectivity index (χ2v) is 6.48. The summed E-state index contributed by atoms with van der Waals surface area (Å²) in [5.74, 6) is 0.428. The predicted molar refractivity (Wildman–Crippen MR) is 99.9 cm³/mol. The number of methoxy groups -OCH3 is 1. The molecule has 1 amide bonds. The second-order valence-electron chi connectivity index (χ2n) is 6.48. The predicted octanol–water partition coefficient (Wildman–Crippen LogP) is 4.34. The zero-order valence-corrected chi connectivity index (χ0v) is 14.3. The number of hydrogen-bond acceptors (Lipinski definition) is 2. The molecule has 4 rings (SSSR count). The first-order valence-electron chi connectivity index (χ1n) is 8.28. The number of ether oxygens (including phenoxy) is 1. The van der Waals surface area contributed by atoms with Crippen LogP contribution >= 0.6 is 0 Å². The fraction of sp³-hybridized carbons (Fsp3) is 0.136. The molecule has 2 N–H and O–H groups in total. The third-order valence-corrected chi connectivity index (χ3v) is 4.86. The highest BCUT2D eigenvalue weighted by Crippen LogP contribution is 2.41. The maximum atomic E-state index is 12.1. The molecule has 1 aliphatic rings. The van der Waals surface area contributed by atoms with Crippen LogP contribution in [0.1, 0.15) is 27.0 Å². The minimum absolute atomic E-state index is 0.379. The lowest BCUT2D eigenvalue weighted by Gasteiger charge is -2.11. The topological polar surface area (TPSA) is 52.3 Å². The molecule has 1 aliphatic carbocycles. The highest BCUT2D eigenvalue weighted by atomic mass is 16.5. The van der Waals surface area contributed by atoms with Crippen LogP contribution in [0.2, 0.25) is 0 Å². The molecule has 3 nitrogen and oxygen atoms in total. The van der Waals surface area contributed by atoms with Crippen molar-refractivity contribution in [3.63, 3.8) is 0 Å². The van der Waals surface area contributed by atoms with Crippen LogP contribution in [0.3, 0.4) is 0 Å². The molecule has 0 saturated heterocycles. The smallest absolute Gasteiger partial charge is 0.249 e. The van der Waals surface area contributed by atoms with Crippen LogP contribution in [-0.4, -0.2) is 13.0 Å². The van der Waals surface area contributed by atoms with Crippen LogP contribution in [0.15, 0.2) is 54.6 Å². The van der Waals surface area contributed by atoms with E-state index in [-0.39, 0.29) is 5.91 Å². The molecule has 0 aromatic heterocycles. The SMILES string of the molecule is COc1ccc(-c2cc(C(N)=O)c3c(c2)-c2ccc(C)cc2C3)cc1. The number of amides is 1. The molecule has 3 heteroatoms. The first-order chi connectivity index (χ1) is 12.1. The minimum atomic E-state index is -0.379. The molecule has 124 valence electrons. The Bertz CT molecular complexity index is 988. The van der Waals surface area contributed by atoms with Gasteiger partial charge in [-0.25, -0.2) is 0 Å². The molecule has 0 aliphatic heterocycles. The van der Waals surface area contributed by atoms with E-state index in [0.29, 0.717) is 5.56 Å². The Hall–Kier alpha value is -3.07. The van der Waals surface area contributed by atoms with E-state index in [0.717, 1.165) is 34.4 Å². The van der Waals surface area contributed by atoms with Crippen molar-refractivity contribution in [1.29, 1.82) is 0 Å². The zero-order chi connectivity index (χ0) is 17.6. The molecule has 0 unspecified atom stereocenters. The Morgan fingerprint density at radius 2 is 1.72 bits per heavy atom. The van der Waals surface area contributed by atoms with Crippen LogP contribution in [0.4, 0.5) is 0 Å². The number of benzene rings is 3. The van der Waals surface area contributed by atoms with Crippen LogP contribution in [0.5, 0.6) is 5.75 Å². The van der Waals surface area contributed by atoms with Gasteiger partial charge in [-0.3, -0.25) is 4.79 Å². The van der Waals surface area contributed by atoms with Crippen molar-refractivity contribution in [2.45, 2.75) is 13.3 Å². The van der Waals surface area contributed by atoms with Crippen molar-refractivity contribution in [2.75, 3.05) is 7.11 Å². The standard InChI is InChI=1S/C22H19NO2/c1-13-3-8-18-16(9-13)12-20-19(18)10-15(11-21(20)22(23)24)14-4-6-17(25-2)7-5-14/h3-11H,12H2,1-2H3,(H2,23,24). The Balaban J connectivity index is 1.91. The van der Waals surface area contributed by atoms with Gasteiger partial charge in [0.25, 0.3) is 0 Å². The van der Waals surface area contributed by atoms with E-state index in [1.54, 1.807) is 7.11 Å². The van der Waals surface area contributed by atoms with Gasteiger partial charge in [0.15, 0.2) is 0 Å². The Morgan fingerprint density at radius 3 is 2.40 bits per heavy atom. The van der Waals surface area contributed by atoms with Crippen molar-refractivity contribution >= 4 is 5.91 Å². The van der Waals surface area contributed by atoms with Crippen LogP contribution in [-0.2, 0) is 6.42 Å². The molecule has 0 bridgehead atoms. The lowest BCUT2D eigenvalue weighted by atomic mass is 9.94. The molecule has 0 saturated carbocycles. The Morgan fingerprint density at radius 1 is 0.960 bits per heavy atom. The normalized spacial score (nSPS) is 11.8. The van der Waals surface area contributed by atoms with Crippen molar-refractivity contribution in [2.24, 2.45) is 5.73 Å². The van der Waals surface area contributed by atoms with Gasteiger partial charge in [-0.05, 0) is 71.0 Å². The van der Waals surface area contributed by atoms with Crippen LogP contribution in [0.25, 0.3) is 22.3 Å². The number of primary amides is 1. The van der Waals surface area contributed by atoms with Gasteiger partial charge in [0, 0.05) is 5.56 Å². The third kappa shape index (κ3) is 2.58. The summed E-state index contributed by atoms with van der Waals surface area (Å²) in [6, 6.07) is 18.3. The van der Waals surface area contributed by atoms with E-state index in [2.05, 4.69) is 31.2 Å². The minimum Gasteiger partial charge on any atom is -0.497 e. The Kier molecular flexibility index (Phi) is 3.57. The maximum Gasteiger partial charge on any atom is 0.249 e. The van der Waals surface area contributed by atoms with Crippen molar-refractivity contribution < 1.29 is 9.53 Å². The lowest BCUT2D eigenvalue weighted by Crippen LogP contribution is -2.13. The summed E-state index contributed by atoms with van der Waals surface area (Å²) in [7, 11) is 1.65. The number of carbonyl (C=O) groups excluding carboxylic acids is 1. The van der Waals surface area contributed by atoms with Crippen molar-refractivity contribution in [3.05, 3.63) is 76.9 Å². The van der Waals surface area contributed by atoms with Crippen LogP contribution < -0.4 is 10.5 Å². The molecule has 0 radical (unpaired) electrons. The Labute approximate surface area is 147 Å². The molecular weight excluding hydrogens is 310 g/mol. The summed E-state index contributed by atoms with van der Waals surface area (Å²) in [6.07, 6.45) is 0.757. The monoisotopic (exact) mass is 329 g/mol. The molecule has 0 heterocycles. The first-order valence-corrected chi connectivity index (χ1v) is 8.28. The third-order valence-electron chi connectivity index (χ3n) is 4.86. The largest absolute Gasteiger partial charge is 0.497 e. The van der Waals surface area contributed by atoms with Gasteiger partial charge >= 0.3 is 0 Å². The van der Waals surface area contributed by atoms with Gasteiger partial charge in [0.1, 0.15) is 5.75 Å². The first kappa shape index (κ1) is 15.5. The van der Waals surface area contributed by atoms with Crippen LogP contribution in [0, 0.1) is 6.92 Å². The lowest BCUT2D eigenvalue weighted by molar-refractivity contribution is 0.0999. The summed E-state index contributed by atoms with van der Waals surface area (Å²) in [5.41, 5.74) is 14.1. The van der Waals surface area contributed by atoms with Gasteiger partial charge in [0.05, 0.1) is 7.11 Å². The fourth-order valence-electron chi connectivity index (χ4n) is 3.59. The number of nitrogens with two attached hydrogens (primary N) is 1. The second kappa shape index (κ2) is 5.78. The summed E-state index contributed by atoms with van der Waals surface area (Å²) in [5, 5.41) is 0. The summed E-state index contributed by atoms with van der Waals surface area (Å²) >= 11 is 0. The molecule has 3 aromatic carbocycles. The average Bonchev–Trinajstić information content (AvgIpc) is 2.98. The molecule has 0 atom stereocenters. The number of hydrogen-bond donors (Lipinski definition) is 1. The van der Waals surface area contributed by atoms with Crippen molar-refractivity contribution in [3.8, 4) is 28.0 Å². The van der Waals surface area contributed by atoms with E-state index in [1.165, 1.54) is 16.7 Å². The zero-order valence-electron chi connectivity index (χ0n) is 14.3. The van der Waals surface area contributed by atoms with Gasteiger partial charge in [0.2, 0.25) is 5.91 Å². The molecule has 0 spiro atoms. The molecule has 0 fully saturated rings. The summed E-state index contributed by atoms with van der Waals surface area (Å²) in [6.45, 7) is 2.08. The van der Waals surface area contributed by atoms with Gasteiger partial charge < -0.3 is 10.5 Å². The van der Waals surface area contributed by atoms with Gasteiger partial charge in [-0.15, -0.1) is 0 Å². The van der Waals surface area contributed by atoms with E-state index < -0.39 is 0 Å². The van der Waals surface area contributed by atoms with E-state index in [1.807, 2.05) is 30.3 Å². The molecular formula is C22H19NO2. The molecule has 3 aromatic rings. The highest BCUT2D eigenvalue weighted by Gasteiger charge is 2.24. The number of aryl methyl sites for hydroxylation is 1. The number of rotatable bonds is 3. The van der Waals surface area contributed by atoms with E-state index in [4.69, 9.17) is 10.5 Å². The van der Waals surface area contributed by atoms with E-state index in [9.17, 15) is 4.79 Å². The quantitative estimate of drug-likeness (QED) is 0.608. The fourth-order valence-corrected chi connectivity index (χ4v) is 3.59. The maximum absolute atomic E-state index is 12.1. The van der Waals surface area contributed by atoms with Gasteiger partial charge in [-0.2, -0.15) is 0 Å². The van der Waals surface area contributed by atoms with Crippen molar-refractivity contribution in [1.82, 2.24) is 0 Å². The number of carbonyl (C=O) groups is 1. The van der Waals surface area contributed by atoms with Gasteiger partial charge in [-0.1, -0.05) is 35.9 Å². The summed E-state index contributed by atoms with van der Waals surface area (Å²) < 4.78 is 5.22. The average molecular weight is 329 g/mol. The highest BCUT2D eigenvalue weighted by molar-refractivity contribution is 6.00.